The van der Waals surface area contributed by atoms with E-state index >= 15 is 0 Å². The highest BCUT2D eigenvalue weighted by Crippen LogP contribution is 2.38. The molecule has 2 fully saturated rings. The van der Waals surface area contributed by atoms with Crippen LogP contribution in [-0.2, 0) is 4.74 Å². The minimum absolute atomic E-state index is 0.216. The van der Waals surface area contributed by atoms with E-state index < -0.39 is 5.60 Å². The molecule has 122 valence electrons. The topological polar surface area (TPSA) is 61.8 Å². The van der Waals surface area contributed by atoms with Gasteiger partial charge in [0.05, 0.1) is 6.10 Å². The van der Waals surface area contributed by atoms with Gasteiger partial charge in [-0.1, -0.05) is 6.92 Å². The number of ether oxygens (including phenoxy) is 1. The van der Waals surface area contributed by atoms with E-state index in [0.717, 1.165) is 38.9 Å². The average Bonchev–Trinajstić information content (AvgIpc) is 2.88. The number of rotatable bonds is 4. The lowest BCUT2D eigenvalue weighted by Crippen LogP contribution is -2.42. The van der Waals surface area contributed by atoms with Crippen molar-refractivity contribution in [2.45, 2.75) is 64.7 Å². The number of carbonyl (C=O) groups excluding carboxylic acids is 1. The summed E-state index contributed by atoms with van der Waals surface area (Å²) < 4.78 is 5.35. The lowest BCUT2D eigenvalue weighted by Gasteiger charge is -2.25. The van der Waals surface area contributed by atoms with Gasteiger partial charge in [-0.2, -0.15) is 0 Å². The molecule has 21 heavy (non-hydrogen) atoms. The van der Waals surface area contributed by atoms with E-state index in [1.54, 1.807) is 0 Å². The van der Waals surface area contributed by atoms with Crippen molar-refractivity contribution in [1.29, 1.82) is 0 Å². The number of hydrogen-bond donors (Lipinski definition) is 2. The number of aliphatic hydroxyl groups excluding tert-OH is 1. The number of nitrogens with zero attached hydrogens (tertiary/aromatic N) is 1. The van der Waals surface area contributed by atoms with E-state index in [4.69, 9.17) is 4.74 Å². The molecule has 0 unspecified atom stereocenters. The molecule has 2 aliphatic rings. The molecular weight excluding hydrogens is 268 g/mol. The maximum Gasteiger partial charge on any atom is 0.407 e. The molecule has 1 heterocycles. The van der Waals surface area contributed by atoms with Crippen LogP contribution in [0, 0.1) is 11.8 Å². The van der Waals surface area contributed by atoms with E-state index in [2.05, 4.69) is 10.2 Å². The summed E-state index contributed by atoms with van der Waals surface area (Å²) in [4.78, 5) is 14.3. The molecule has 2 rings (SSSR count). The molecule has 0 aromatic heterocycles. The molecule has 1 amide bonds. The number of nitrogens with one attached hydrogen (secondary N) is 1. The second-order valence-electron chi connectivity index (χ2n) is 7.53. The van der Waals surface area contributed by atoms with Crippen molar-refractivity contribution >= 4 is 6.09 Å². The van der Waals surface area contributed by atoms with Crippen LogP contribution in [0.25, 0.3) is 0 Å². The van der Waals surface area contributed by atoms with Crippen molar-refractivity contribution in [2.75, 3.05) is 19.6 Å². The summed E-state index contributed by atoms with van der Waals surface area (Å²) in [6.07, 6.45) is 2.45. The van der Waals surface area contributed by atoms with Gasteiger partial charge in [-0.3, -0.25) is 0 Å². The zero-order chi connectivity index (χ0) is 15.6. The van der Waals surface area contributed by atoms with Crippen LogP contribution in [0.1, 0.15) is 47.0 Å². The summed E-state index contributed by atoms with van der Waals surface area (Å²) in [5.41, 5.74) is -0.449. The predicted molar refractivity (Wildman–Crippen MR) is 82.1 cm³/mol. The number of likely N-dealkylation sites (tertiary alicyclic amines) is 1. The smallest absolute Gasteiger partial charge is 0.407 e. The van der Waals surface area contributed by atoms with E-state index in [1.807, 2.05) is 27.7 Å². The van der Waals surface area contributed by atoms with E-state index in [1.165, 1.54) is 0 Å². The molecule has 0 aromatic rings. The summed E-state index contributed by atoms with van der Waals surface area (Å²) >= 11 is 0. The number of β-amino-alcohol motifs (C(OH)–C–C–N with tert-alkyl or cyclic N) is 1. The zero-order valence-corrected chi connectivity index (χ0v) is 13.8. The van der Waals surface area contributed by atoms with Gasteiger partial charge in [-0.25, -0.2) is 4.79 Å². The van der Waals surface area contributed by atoms with Crippen LogP contribution in [0.2, 0.25) is 0 Å². The highest BCUT2D eigenvalue weighted by molar-refractivity contribution is 5.68. The molecular formula is C16H30N2O3. The first-order chi connectivity index (χ1) is 9.78. The summed E-state index contributed by atoms with van der Waals surface area (Å²) in [6, 6.07) is 0.216. The average molecular weight is 298 g/mol. The third-order valence-electron chi connectivity index (χ3n) is 4.57. The number of fused-ring (bicyclic) bond motifs is 1. The maximum atomic E-state index is 11.9. The second-order valence-corrected chi connectivity index (χ2v) is 7.53. The zero-order valence-electron chi connectivity index (χ0n) is 13.8. The summed E-state index contributed by atoms with van der Waals surface area (Å²) in [5, 5.41) is 12.8. The van der Waals surface area contributed by atoms with E-state index in [0.29, 0.717) is 11.8 Å². The predicted octanol–water partition coefficient (Wildman–Crippen LogP) is 1.99. The third kappa shape index (κ3) is 4.58. The normalized spacial score (nSPS) is 31.0. The molecule has 1 saturated carbocycles. The van der Waals surface area contributed by atoms with Crippen molar-refractivity contribution in [3.05, 3.63) is 0 Å². The fourth-order valence-electron chi connectivity index (χ4n) is 3.57. The van der Waals surface area contributed by atoms with Crippen molar-refractivity contribution < 1.29 is 14.6 Å². The van der Waals surface area contributed by atoms with Crippen LogP contribution in [-0.4, -0.2) is 53.5 Å². The molecule has 2 N–H and O–H groups in total. The van der Waals surface area contributed by atoms with Gasteiger partial charge in [0, 0.05) is 25.7 Å². The summed E-state index contributed by atoms with van der Waals surface area (Å²) in [5.74, 6) is 1.15. The van der Waals surface area contributed by atoms with Crippen molar-refractivity contribution in [2.24, 2.45) is 11.8 Å². The first-order valence-electron chi connectivity index (χ1n) is 8.18. The van der Waals surface area contributed by atoms with Crippen LogP contribution >= 0.6 is 0 Å². The Balaban J connectivity index is 1.83. The molecule has 1 aliphatic carbocycles. The SMILES string of the molecule is CC[C@@H](O)CN1C[C@@H]2CC[C@@H](NC(=O)OC(C)(C)C)[C@@H]2C1. The second kappa shape index (κ2) is 6.53. The molecule has 0 aromatic carbocycles. The number of carbonyl (C=O) groups is 1. The maximum absolute atomic E-state index is 11.9. The Labute approximate surface area is 128 Å². The van der Waals surface area contributed by atoms with Gasteiger partial charge in [-0.15, -0.1) is 0 Å². The largest absolute Gasteiger partial charge is 0.444 e. The van der Waals surface area contributed by atoms with Crippen LogP contribution in [0.5, 0.6) is 0 Å². The monoisotopic (exact) mass is 298 g/mol. The Morgan fingerprint density at radius 1 is 1.38 bits per heavy atom. The first-order valence-corrected chi connectivity index (χ1v) is 8.18. The highest BCUT2D eigenvalue weighted by atomic mass is 16.6. The Hall–Kier alpha value is -0.810. The fourth-order valence-corrected chi connectivity index (χ4v) is 3.57. The van der Waals surface area contributed by atoms with Gasteiger partial charge in [0.15, 0.2) is 0 Å². The third-order valence-corrected chi connectivity index (χ3v) is 4.57. The summed E-state index contributed by atoms with van der Waals surface area (Å²) in [6.45, 7) is 10.4. The van der Waals surface area contributed by atoms with E-state index in [-0.39, 0.29) is 18.2 Å². The molecule has 0 radical (unpaired) electrons. The number of alkyl carbamates (subject to hydrolysis) is 1. The minimum atomic E-state index is -0.449. The highest BCUT2D eigenvalue weighted by Gasteiger charge is 2.43. The van der Waals surface area contributed by atoms with Gasteiger partial charge in [-0.05, 0) is 51.9 Å². The van der Waals surface area contributed by atoms with Crippen LogP contribution in [0.3, 0.4) is 0 Å². The van der Waals surface area contributed by atoms with Crippen molar-refractivity contribution in [1.82, 2.24) is 10.2 Å². The lowest BCUT2D eigenvalue weighted by molar-refractivity contribution is 0.0489. The van der Waals surface area contributed by atoms with Gasteiger partial charge in [0.1, 0.15) is 5.60 Å². The van der Waals surface area contributed by atoms with Crippen molar-refractivity contribution in [3.63, 3.8) is 0 Å². The van der Waals surface area contributed by atoms with Gasteiger partial charge < -0.3 is 20.1 Å². The molecule has 5 heteroatoms. The Kier molecular flexibility index (Phi) is 5.15. The lowest BCUT2D eigenvalue weighted by atomic mass is 9.98. The quantitative estimate of drug-likeness (QED) is 0.833. The fraction of sp³-hybridized carbons (Fsp3) is 0.938. The Bertz CT molecular complexity index is 367. The molecule has 4 atom stereocenters. The van der Waals surface area contributed by atoms with Crippen LogP contribution < -0.4 is 5.32 Å². The Morgan fingerprint density at radius 2 is 2.10 bits per heavy atom. The molecule has 1 aliphatic heterocycles. The molecule has 1 saturated heterocycles. The van der Waals surface area contributed by atoms with Crippen LogP contribution in [0.4, 0.5) is 4.79 Å². The summed E-state index contributed by atoms with van der Waals surface area (Å²) in [7, 11) is 0. The molecule has 5 nitrogen and oxygen atoms in total. The van der Waals surface area contributed by atoms with Gasteiger partial charge >= 0.3 is 6.09 Å². The number of hydrogen-bond acceptors (Lipinski definition) is 4. The van der Waals surface area contributed by atoms with Crippen molar-refractivity contribution in [3.8, 4) is 0 Å². The van der Waals surface area contributed by atoms with Gasteiger partial charge in [0.2, 0.25) is 0 Å². The van der Waals surface area contributed by atoms with Gasteiger partial charge in [0.25, 0.3) is 0 Å². The van der Waals surface area contributed by atoms with Crippen LogP contribution in [0.15, 0.2) is 0 Å². The standard InChI is InChI=1S/C16H30N2O3/c1-5-12(19)9-18-8-11-6-7-14(13(11)10-18)17-15(20)21-16(2,3)4/h11-14,19H,5-10H2,1-4H3,(H,17,20)/t11-,12+,13+,14+/m0/s1. The Morgan fingerprint density at radius 3 is 2.71 bits per heavy atom. The molecule has 0 bridgehead atoms. The minimum Gasteiger partial charge on any atom is -0.444 e. The number of aliphatic hydroxyl groups is 1. The number of amides is 1. The first kappa shape index (κ1) is 16.6. The van der Waals surface area contributed by atoms with E-state index in [9.17, 15) is 9.90 Å². The molecule has 0 spiro atoms.